The van der Waals surface area contributed by atoms with Crippen LogP contribution in [0.4, 0.5) is 26.3 Å². The molecule has 2 fully saturated rings. The highest BCUT2D eigenvalue weighted by molar-refractivity contribution is 5.83. The molecule has 2 aliphatic carbocycles. The van der Waals surface area contributed by atoms with Gasteiger partial charge in [0, 0.05) is 6.54 Å². The molecule has 3 rings (SSSR count). The van der Waals surface area contributed by atoms with E-state index in [4.69, 9.17) is 5.26 Å². The third-order valence-electron chi connectivity index (χ3n) is 5.43. The molecule has 0 bridgehead atoms. The number of nitrogens with zero attached hydrogens (tertiary/aromatic N) is 1. The van der Waals surface area contributed by atoms with Crippen molar-refractivity contribution in [3.8, 4) is 6.07 Å². The van der Waals surface area contributed by atoms with Gasteiger partial charge in [0.2, 0.25) is 5.91 Å². The monoisotopic (exact) mass is 448 g/mol. The van der Waals surface area contributed by atoms with Gasteiger partial charge >= 0.3 is 12.1 Å². The largest absolute Gasteiger partial charge is 0.455 e. The second kappa shape index (κ2) is 8.67. The van der Waals surface area contributed by atoms with Gasteiger partial charge in [-0.2, -0.15) is 27.2 Å². The summed E-state index contributed by atoms with van der Waals surface area (Å²) < 4.78 is 81.5. The predicted octanol–water partition coefficient (Wildman–Crippen LogP) is 3.19. The minimum atomic E-state index is -5.91. The summed E-state index contributed by atoms with van der Waals surface area (Å²) in [6.07, 6.45) is -3.22. The molecule has 0 radical (unpaired) electrons. The van der Waals surface area contributed by atoms with Gasteiger partial charge in [-0.1, -0.05) is 12.1 Å². The van der Waals surface area contributed by atoms with Gasteiger partial charge in [-0.3, -0.25) is 10.1 Å². The molecular formula is C20H22F6N4O. The van der Waals surface area contributed by atoms with E-state index in [1.165, 1.54) is 0 Å². The minimum Gasteiger partial charge on any atom is -0.336 e. The number of amides is 1. The smallest absolute Gasteiger partial charge is 0.336 e. The van der Waals surface area contributed by atoms with Crippen molar-refractivity contribution in [2.45, 2.75) is 55.4 Å². The van der Waals surface area contributed by atoms with Gasteiger partial charge in [-0.15, -0.1) is 0 Å². The Morgan fingerprint density at radius 1 is 1.16 bits per heavy atom. The third kappa shape index (κ3) is 5.68. The molecule has 0 spiro atoms. The van der Waals surface area contributed by atoms with E-state index in [1.54, 1.807) is 0 Å². The zero-order valence-electron chi connectivity index (χ0n) is 16.4. The number of halogens is 6. The lowest BCUT2D eigenvalue weighted by atomic mass is 9.98. The zero-order chi connectivity index (χ0) is 22.9. The highest BCUT2D eigenvalue weighted by Crippen LogP contribution is 2.45. The number of nitriles is 1. The molecule has 0 heterocycles. The maximum atomic E-state index is 14.4. The molecule has 1 amide bonds. The van der Waals surface area contributed by atoms with Crippen LogP contribution in [-0.2, 0) is 4.79 Å². The van der Waals surface area contributed by atoms with Crippen LogP contribution in [0.25, 0.3) is 0 Å². The summed E-state index contributed by atoms with van der Waals surface area (Å²) in [5, 5.41) is 16.6. The molecule has 0 aromatic heterocycles. The third-order valence-corrected chi connectivity index (χ3v) is 5.43. The van der Waals surface area contributed by atoms with Crippen molar-refractivity contribution in [3.05, 3.63) is 35.6 Å². The Balaban J connectivity index is 1.85. The van der Waals surface area contributed by atoms with Crippen molar-refractivity contribution in [1.82, 2.24) is 16.0 Å². The van der Waals surface area contributed by atoms with E-state index in [9.17, 15) is 31.1 Å². The topological polar surface area (TPSA) is 77.0 Å². The van der Waals surface area contributed by atoms with Crippen LogP contribution in [0.1, 0.15) is 37.3 Å². The van der Waals surface area contributed by atoms with E-state index in [-0.39, 0.29) is 6.54 Å². The van der Waals surface area contributed by atoms with E-state index in [0.717, 1.165) is 37.1 Å². The summed E-state index contributed by atoms with van der Waals surface area (Å²) in [6, 6.07) is 0.976. The molecule has 0 aliphatic heterocycles. The number of hydrogen-bond donors (Lipinski definition) is 3. The van der Waals surface area contributed by atoms with Crippen LogP contribution < -0.4 is 16.0 Å². The van der Waals surface area contributed by atoms with Crippen LogP contribution in [0.15, 0.2) is 24.3 Å². The van der Waals surface area contributed by atoms with Gasteiger partial charge in [0.15, 0.2) is 0 Å². The maximum absolute atomic E-state index is 14.4. The predicted molar refractivity (Wildman–Crippen MR) is 98.4 cm³/mol. The van der Waals surface area contributed by atoms with Crippen molar-refractivity contribution in [2.24, 2.45) is 5.92 Å². The Bertz CT molecular complexity index is 828. The summed E-state index contributed by atoms with van der Waals surface area (Å²) in [7, 11) is 0. The van der Waals surface area contributed by atoms with E-state index in [2.05, 4.69) is 16.0 Å². The van der Waals surface area contributed by atoms with Crippen molar-refractivity contribution in [3.63, 3.8) is 0 Å². The quantitative estimate of drug-likeness (QED) is 0.481. The van der Waals surface area contributed by atoms with Crippen molar-refractivity contribution >= 4 is 5.91 Å². The SMILES string of the molecule is N#CC1(NC(=O)C(CNCC2CC2)NC(c2ccc(F)cc2)C(F)(F)C(F)(F)F)CC1. The molecule has 31 heavy (non-hydrogen) atoms. The standard InChI is InChI=1S/C20H22F6N4O/c21-14-5-3-13(4-6-14)16(19(22,23)20(24,25)26)29-15(10-28-9-12-1-2-12)17(31)30-18(11-27)7-8-18/h3-6,12,15-16,28-29H,1-2,7-10H2,(H,30,31). The number of hydrogen-bond acceptors (Lipinski definition) is 4. The lowest BCUT2D eigenvalue weighted by Crippen LogP contribution is -2.58. The highest BCUT2D eigenvalue weighted by atomic mass is 19.4. The van der Waals surface area contributed by atoms with Crippen molar-refractivity contribution in [2.75, 3.05) is 13.1 Å². The molecule has 2 atom stereocenters. The summed E-state index contributed by atoms with van der Waals surface area (Å²) in [5.41, 5.74) is -1.64. The Labute approximate surface area is 175 Å². The first-order valence-corrected chi connectivity index (χ1v) is 9.87. The highest BCUT2D eigenvalue weighted by Gasteiger charge is 2.63. The Morgan fingerprint density at radius 3 is 2.26 bits per heavy atom. The summed E-state index contributed by atoms with van der Waals surface area (Å²) >= 11 is 0. The van der Waals surface area contributed by atoms with Gasteiger partial charge < -0.3 is 10.6 Å². The summed E-state index contributed by atoms with van der Waals surface area (Å²) in [6.45, 7) is 0.279. The fraction of sp³-hybridized carbons (Fsp3) is 0.600. The fourth-order valence-corrected chi connectivity index (χ4v) is 3.12. The van der Waals surface area contributed by atoms with Crippen LogP contribution in [0.2, 0.25) is 0 Å². The second-order valence-electron chi connectivity index (χ2n) is 8.11. The lowest BCUT2D eigenvalue weighted by molar-refractivity contribution is -0.294. The van der Waals surface area contributed by atoms with E-state index < -0.39 is 47.0 Å². The Hall–Kier alpha value is -2.32. The number of rotatable bonds is 10. The Morgan fingerprint density at radius 2 is 1.77 bits per heavy atom. The number of nitrogens with one attached hydrogen (secondary N) is 3. The first-order chi connectivity index (χ1) is 14.5. The van der Waals surface area contributed by atoms with Crippen LogP contribution in [0.3, 0.4) is 0 Å². The molecule has 11 heteroatoms. The van der Waals surface area contributed by atoms with Crippen LogP contribution >= 0.6 is 0 Å². The molecule has 2 saturated carbocycles. The fourth-order valence-electron chi connectivity index (χ4n) is 3.12. The van der Waals surface area contributed by atoms with E-state index in [1.807, 2.05) is 6.07 Å². The first-order valence-electron chi connectivity index (χ1n) is 9.87. The van der Waals surface area contributed by atoms with Crippen LogP contribution in [-0.4, -0.2) is 42.7 Å². The Kier molecular flexibility index (Phi) is 6.53. The normalized spacial score (nSPS) is 19.9. The summed E-state index contributed by atoms with van der Waals surface area (Å²) in [5.74, 6) is -6.52. The lowest BCUT2D eigenvalue weighted by Gasteiger charge is -2.33. The molecule has 0 saturated heterocycles. The molecule has 5 nitrogen and oxygen atoms in total. The molecule has 1 aromatic rings. The average molecular weight is 448 g/mol. The van der Waals surface area contributed by atoms with Gasteiger partial charge in [0.25, 0.3) is 0 Å². The molecule has 2 unspecified atom stereocenters. The average Bonchev–Trinajstić information content (AvgIpc) is 3.61. The van der Waals surface area contributed by atoms with Gasteiger partial charge in [0.05, 0.1) is 12.1 Å². The van der Waals surface area contributed by atoms with Crippen molar-refractivity contribution in [1.29, 1.82) is 5.26 Å². The zero-order valence-corrected chi connectivity index (χ0v) is 16.4. The summed E-state index contributed by atoms with van der Waals surface area (Å²) in [4.78, 5) is 12.7. The van der Waals surface area contributed by atoms with E-state index in [0.29, 0.717) is 25.3 Å². The van der Waals surface area contributed by atoms with Gasteiger partial charge in [0.1, 0.15) is 17.4 Å². The first kappa shape index (κ1) is 23.3. The number of alkyl halides is 5. The van der Waals surface area contributed by atoms with Gasteiger partial charge in [-0.25, -0.2) is 4.39 Å². The maximum Gasteiger partial charge on any atom is 0.455 e. The van der Waals surface area contributed by atoms with Crippen molar-refractivity contribution < 1.29 is 31.1 Å². The molecule has 3 N–H and O–H groups in total. The van der Waals surface area contributed by atoms with Crippen LogP contribution in [0.5, 0.6) is 0 Å². The molecule has 1 aromatic carbocycles. The molecule has 2 aliphatic rings. The van der Waals surface area contributed by atoms with E-state index >= 15 is 0 Å². The number of carbonyl (C=O) groups excluding carboxylic acids is 1. The second-order valence-corrected chi connectivity index (χ2v) is 8.11. The molecular weight excluding hydrogens is 426 g/mol. The number of benzene rings is 1. The molecule has 170 valence electrons. The number of carbonyl (C=O) groups is 1. The van der Waals surface area contributed by atoms with Crippen LogP contribution in [0, 0.1) is 23.1 Å². The van der Waals surface area contributed by atoms with Gasteiger partial charge in [-0.05, 0) is 55.8 Å². The minimum absolute atomic E-state index is 0.213.